The Labute approximate surface area is 147 Å². The van der Waals surface area contributed by atoms with Gasteiger partial charge in [-0.15, -0.1) is 0 Å². The van der Waals surface area contributed by atoms with Gasteiger partial charge in [-0.25, -0.2) is 4.79 Å². The van der Waals surface area contributed by atoms with Crippen molar-refractivity contribution >= 4 is 23.5 Å². The number of ether oxygens (including phenoxy) is 1. The van der Waals surface area contributed by atoms with Crippen molar-refractivity contribution in [1.29, 1.82) is 0 Å². The van der Waals surface area contributed by atoms with Gasteiger partial charge in [0.05, 0.1) is 18.7 Å². The van der Waals surface area contributed by atoms with Crippen LogP contribution >= 0.6 is 0 Å². The minimum absolute atomic E-state index is 0.0473. The molecule has 25 heavy (non-hydrogen) atoms. The zero-order chi connectivity index (χ0) is 18.6. The molecule has 0 bridgehead atoms. The van der Waals surface area contributed by atoms with Crippen LogP contribution in [0, 0.1) is 5.92 Å². The fourth-order valence-electron chi connectivity index (χ4n) is 3.07. The number of hydrogen-bond donors (Lipinski definition) is 2. The predicted molar refractivity (Wildman–Crippen MR) is 92.5 cm³/mol. The molecule has 0 saturated carbocycles. The van der Waals surface area contributed by atoms with E-state index in [1.807, 2.05) is 6.92 Å². The average molecular weight is 348 g/mol. The minimum Gasteiger partial charge on any atom is -0.495 e. The van der Waals surface area contributed by atoms with Crippen LogP contribution in [0.25, 0.3) is 0 Å². The number of hydrogen-bond acceptors (Lipinski definition) is 4. The second-order valence-corrected chi connectivity index (χ2v) is 6.45. The van der Waals surface area contributed by atoms with Gasteiger partial charge in [0, 0.05) is 13.0 Å². The summed E-state index contributed by atoms with van der Waals surface area (Å²) in [7, 11) is 1.52. The van der Waals surface area contributed by atoms with Crippen LogP contribution in [-0.2, 0) is 14.4 Å². The van der Waals surface area contributed by atoms with Crippen molar-refractivity contribution in [2.45, 2.75) is 38.6 Å². The number of amides is 2. The SMILES string of the molecule is CCCC(C)(NC(=O)C1CC(=O)N(c2ccccc2OC)C1)C(=O)O. The summed E-state index contributed by atoms with van der Waals surface area (Å²) in [6, 6.07) is 7.10. The minimum atomic E-state index is -1.33. The Morgan fingerprint density at radius 1 is 1.40 bits per heavy atom. The number of carboxylic acids is 1. The lowest BCUT2D eigenvalue weighted by molar-refractivity contribution is -0.147. The van der Waals surface area contributed by atoms with Crippen LogP contribution in [0.2, 0.25) is 0 Å². The average Bonchev–Trinajstić information content (AvgIpc) is 2.96. The van der Waals surface area contributed by atoms with Crippen molar-refractivity contribution in [2.75, 3.05) is 18.6 Å². The summed E-state index contributed by atoms with van der Waals surface area (Å²) in [5.74, 6) is -1.71. The third kappa shape index (κ3) is 3.92. The summed E-state index contributed by atoms with van der Waals surface area (Å²) in [5, 5.41) is 12.0. The summed E-state index contributed by atoms with van der Waals surface area (Å²) in [6.45, 7) is 3.55. The maximum absolute atomic E-state index is 12.5. The smallest absolute Gasteiger partial charge is 0.329 e. The molecule has 1 aliphatic heterocycles. The van der Waals surface area contributed by atoms with Gasteiger partial charge in [0.2, 0.25) is 11.8 Å². The number of carboxylic acid groups (broad SMARTS) is 1. The molecule has 1 aromatic rings. The Kier molecular flexibility index (Phi) is 5.66. The highest BCUT2D eigenvalue weighted by Crippen LogP contribution is 2.33. The van der Waals surface area contributed by atoms with E-state index in [4.69, 9.17) is 4.74 Å². The summed E-state index contributed by atoms with van der Waals surface area (Å²) in [5.41, 5.74) is -0.716. The van der Waals surface area contributed by atoms with Gasteiger partial charge in [0.1, 0.15) is 11.3 Å². The van der Waals surface area contributed by atoms with Crippen LogP contribution in [0.1, 0.15) is 33.1 Å². The molecule has 0 radical (unpaired) electrons. The summed E-state index contributed by atoms with van der Waals surface area (Å²) in [4.78, 5) is 37.9. The fourth-order valence-corrected chi connectivity index (χ4v) is 3.07. The molecule has 1 aliphatic rings. The van der Waals surface area contributed by atoms with Crippen LogP contribution in [0.5, 0.6) is 5.75 Å². The number of carbonyl (C=O) groups is 3. The highest BCUT2D eigenvalue weighted by molar-refractivity contribution is 6.02. The molecule has 1 heterocycles. The molecule has 7 nitrogen and oxygen atoms in total. The Bertz CT molecular complexity index is 675. The van der Waals surface area contributed by atoms with E-state index in [0.717, 1.165) is 0 Å². The van der Waals surface area contributed by atoms with Gasteiger partial charge in [0.25, 0.3) is 0 Å². The second-order valence-electron chi connectivity index (χ2n) is 6.45. The van der Waals surface area contributed by atoms with Crippen LogP contribution in [-0.4, -0.2) is 42.1 Å². The highest BCUT2D eigenvalue weighted by Gasteiger charge is 2.40. The quantitative estimate of drug-likeness (QED) is 0.783. The molecule has 2 amide bonds. The molecule has 2 N–H and O–H groups in total. The van der Waals surface area contributed by atoms with Crippen LogP contribution in [0.3, 0.4) is 0 Å². The van der Waals surface area contributed by atoms with E-state index in [2.05, 4.69) is 5.32 Å². The molecule has 0 aromatic heterocycles. The van der Waals surface area contributed by atoms with Gasteiger partial charge >= 0.3 is 5.97 Å². The van der Waals surface area contributed by atoms with Gasteiger partial charge in [-0.3, -0.25) is 9.59 Å². The van der Waals surface area contributed by atoms with E-state index in [-0.39, 0.29) is 18.9 Å². The van der Waals surface area contributed by atoms with Crippen molar-refractivity contribution in [3.63, 3.8) is 0 Å². The van der Waals surface area contributed by atoms with Crippen molar-refractivity contribution in [1.82, 2.24) is 5.32 Å². The number of rotatable bonds is 7. The van der Waals surface area contributed by atoms with E-state index in [9.17, 15) is 19.5 Å². The van der Waals surface area contributed by atoms with Crippen molar-refractivity contribution in [3.05, 3.63) is 24.3 Å². The molecule has 2 rings (SSSR count). The molecule has 7 heteroatoms. The van der Waals surface area contributed by atoms with Crippen LogP contribution < -0.4 is 15.0 Å². The van der Waals surface area contributed by atoms with Gasteiger partial charge in [-0.05, 0) is 25.5 Å². The number of methoxy groups -OCH3 is 1. The topological polar surface area (TPSA) is 95.9 Å². The Morgan fingerprint density at radius 3 is 2.68 bits per heavy atom. The van der Waals surface area contributed by atoms with Crippen LogP contribution in [0.4, 0.5) is 5.69 Å². The monoisotopic (exact) mass is 348 g/mol. The van der Waals surface area contributed by atoms with Crippen LogP contribution in [0.15, 0.2) is 24.3 Å². The Balaban J connectivity index is 2.14. The van der Waals surface area contributed by atoms with E-state index >= 15 is 0 Å². The third-order valence-corrected chi connectivity index (χ3v) is 4.49. The molecule has 136 valence electrons. The molecular weight excluding hydrogens is 324 g/mol. The van der Waals surface area contributed by atoms with E-state index in [1.165, 1.54) is 18.9 Å². The molecule has 0 spiro atoms. The zero-order valence-electron chi connectivity index (χ0n) is 14.7. The predicted octanol–water partition coefficient (Wildman–Crippen LogP) is 1.81. The lowest BCUT2D eigenvalue weighted by Crippen LogP contribution is -2.54. The van der Waals surface area contributed by atoms with Crippen molar-refractivity contribution in [3.8, 4) is 5.75 Å². The molecular formula is C18H24N2O5. The number of nitrogens with zero attached hydrogens (tertiary/aromatic N) is 1. The second kappa shape index (κ2) is 7.55. The number of anilines is 1. The number of nitrogens with one attached hydrogen (secondary N) is 1. The molecule has 2 unspecified atom stereocenters. The van der Waals surface area contributed by atoms with Gasteiger partial charge in [0.15, 0.2) is 0 Å². The third-order valence-electron chi connectivity index (χ3n) is 4.49. The number of para-hydroxylation sites is 2. The first-order valence-electron chi connectivity index (χ1n) is 8.31. The Hall–Kier alpha value is -2.57. The highest BCUT2D eigenvalue weighted by atomic mass is 16.5. The lowest BCUT2D eigenvalue weighted by Gasteiger charge is -2.27. The van der Waals surface area contributed by atoms with Gasteiger partial charge in [-0.2, -0.15) is 0 Å². The zero-order valence-corrected chi connectivity index (χ0v) is 14.7. The molecule has 1 fully saturated rings. The maximum atomic E-state index is 12.5. The largest absolute Gasteiger partial charge is 0.495 e. The normalized spacial score (nSPS) is 19.4. The first kappa shape index (κ1) is 18.8. The molecule has 1 aromatic carbocycles. The number of carbonyl (C=O) groups excluding carboxylic acids is 2. The van der Waals surface area contributed by atoms with E-state index in [1.54, 1.807) is 24.3 Å². The van der Waals surface area contributed by atoms with Gasteiger partial charge < -0.3 is 20.1 Å². The summed E-state index contributed by atoms with van der Waals surface area (Å²) in [6.07, 6.45) is 0.997. The molecule has 0 aliphatic carbocycles. The number of benzene rings is 1. The first-order valence-corrected chi connectivity index (χ1v) is 8.31. The summed E-state index contributed by atoms with van der Waals surface area (Å²) < 4.78 is 5.27. The summed E-state index contributed by atoms with van der Waals surface area (Å²) >= 11 is 0. The molecule has 2 atom stereocenters. The van der Waals surface area contributed by atoms with Gasteiger partial charge in [-0.1, -0.05) is 25.5 Å². The maximum Gasteiger partial charge on any atom is 0.329 e. The van der Waals surface area contributed by atoms with Crippen molar-refractivity contribution < 1.29 is 24.2 Å². The number of aliphatic carboxylic acids is 1. The standard InChI is InChI=1S/C18H24N2O5/c1-4-9-18(2,17(23)24)19-16(22)12-10-15(21)20(11-12)13-7-5-6-8-14(13)25-3/h5-8,12H,4,9-11H2,1-3H3,(H,19,22)(H,23,24). The fraction of sp³-hybridized carbons (Fsp3) is 0.500. The van der Waals surface area contributed by atoms with E-state index < -0.39 is 23.3 Å². The first-order chi connectivity index (χ1) is 11.8. The Morgan fingerprint density at radius 2 is 2.08 bits per heavy atom. The lowest BCUT2D eigenvalue weighted by atomic mass is 9.95. The molecule has 1 saturated heterocycles. The van der Waals surface area contributed by atoms with E-state index in [0.29, 0.717) is 24.3 Å². The van der Waals surface area contributed by atoms with Crippen molar-refractivity contribution in [2.24, 2.45) is 5.92 Å².